The van der Waals surface area contributed by atoms with Gasteiger partial charge in [0.05, 0.1) is 5.56 Å². The maximum Gasteiger partial charge on any atom is 0.258 e. The molecular weight excluding hydrogens is 134 g/mol. The lowest BCUT2D eigenvalue weighted by molar-refractivity contribution is 0.112. The third-order valence-electron chi connectivity index (χ3n) is 1.04. The van der Waals surface area contributed by atoms with Gasteiger partial charge in [-0.3, -0.25) is 9.59 Å². The molecule has 0 unspecified atom stereocenters. The number of hydrogen-bond acceptors (Lipinski definition) is 3. The molecular formula is C6H5NO3. The molecule has 4 heteroatoms. The fraction of sp³-hybridized carbons (Fsp3) is 0. The predicted octanol–water partition coefficient (Wildman–Crippen LogP) is -0.107. The molecule has 1 aromatic rings. The van der Waals surface area contributed by atoms with Crippen molar-refractivity contribution in [2.45, 2.75) is 0 Å². The molecule has 0 bridgehead atoms. The molecule has 0 saturated heterocycles. The fourth-order valence-corrected chi connectivity index (χ4v) is 0.577. The summed E-state index contributed by atoms with van der Waals surface area (Å²) in [6.45, 7) is 0. The topological polar surface area (TPSA) is 70.2 Å². The Kier molecular flexibility index (Phi) is 1.53. The molecule has 0 spiro atoms. The van der Waals surface area contributed by atoms with Gasteiger partial charge in [0.25, 0.3) is 5.56 Å². The molecule has 1 heterocycles. The van der Waals surface area contributed by atoms with Gasteiger partial charge >= 0.3 is 0 Å². The summed E-state index contributed by atoms with van der Waals surface area (Å²) in [5.74, 6) is -0.123. The molecule has 4 nitrogen and oxygen atoms in total. The Bertz CT molecular complexity index is 302. The lowest BCUT2D eigenvalue weighted by Gasteiger charge is -1.89. The molecule has 0 aromatic carbocycles. The highest BCUT2D eigenvalue weighted by molar-refractivity contribution is 5.74. The highest BCUT2D eigenvalue weighted by Crippen LogP contribution is 2.02. The molecule has 0 aliphatic heterocycles. The van der Waals surface area contributed by atoms with E-state index in [1.54, 1.807) is 0 Å². The second-order valence-corrected chi connectivity index (χ2v) is 1.76. The highest BCUT2D eigenvalue weighted by atomic mass is 16.3. The van der Waals surface area contributed by atoms with Gasteiger partial charge in [0, 0.05) is 6.20 Å². The number of carbonyl (C=O) groups is 1. The van der Waals surface area contributed by atoms with Crippen molar-refractivity contribution in [2.75, 3.05) is 0 Å². The van der Waals surface area contributed by atoms with Crippen LogP contribution in [0.25, 0.3) is 0 Å². The van der Waals surface area contributed by atoms with Crippen LogP contribution in [0.2, 0.25) is 0 Å². The Labute approximate surface area is 56.1 Å². The first-order chi connectivity index (χ1) is 4.74. The molecule has 0 aliphatic rings. The van der Waals surface area contributed by atoms with E-state index in [9.17, 15) is 9.59 Å². The van der Waals surface area contributed by atoms with Crippen molar-refractivity contribution in [1.82, 2.24) is 4.98 Å². The summed E-state index contributed by atoms with van der Waals surface area (Å²) in [7, 11) is 0. The molecule has 2 N–H and O–H groups in total. The molecule has 0 aliphatic carbocycles. The molecule has 0 radical (unpaired) electrons. The van der Waals surface area contributed by atoms with Crippen LogP contribution in [0, 0.1) is 0 Å². The van der Waals surface area contributed by atoms with Gasteiger partial charge in [0.1, 0.15) is 5.75 Å². The van der Waals surface area contributed by atoms with E-state index in [0.29, 0.717) is 6.29 Å². The van der Waals surface area contributed by atoms with Gasteiger partial charge in [-0.15, -0.1) is 0 Å². The first kappa shape index (κ1) is 6.54. The maximum absolute atomic E-state index is 10.6. The normalized spacial score (nSPS) is 9.20. The van der Waals surface area contributed by atoms with Gasteiger partial charge in [-0.25, -0.2) is 0 Å². The number of aldehydes is 1. The van der Waals surface area contributed by atoms with Crippen molar-refractivity contribution < 1.29 is 9.90 Å². The monoisotopic (exact) mass is 139 g/mol. The van der Waals surface area contributed by atoms with E-state index in [-0.39, 0.29) is 11.3 Å². The molecule has 0 amide bonds. The molecule has 0 atom stereocenters. The second-order valence-electron chi connectivity index (χ2n) is 1.76. The molecule has 0 saturated carbocycles. The first-order valence-electron chi connectivity index (χ1n) is 2.61. The van der Waals surface area contributed by atoms with Gasteiger partial charge in [-0.05, 0) is 6.07 Å². The van der Waals surface area contributed by atoms with Crippen LogP contribution in [0.3, 0.4) is 0 Å². The Morgan fingerprint density at radius 3 is 2.80 bits per heavy atom. The zero-order valence-corrected chi connectivity index (χ0v) is 5.00. The summed E-state index contributed by atoms with van der Waals surface area (Å²) in [5, 5.41) is 8.74. The quantitative estimate of drug-likeness (QED) is 0.533. The predicted molar refractivity (Wildman–Crippen MR) is 34.1 cm³/mol. The highest BCUT2D eigenvalue weighted by Gasteiger charge is 1.96. The summed E-state index contributed by atoms with van der Waals surface area (Å²) >= 11 is 0. The molecule has 52 valence electrons. The van der Waals surface area contributed by atoms with E-state index in [1.165, 1.54) is 0 Å². The number of pyridine rings is 1. The molecule has 1 aromatic heterocycles. The number of aromatic nitrogens is 1. The summed E-state index contributed by atoms with van der Waals surface area (Å²) in [6.07, 6.45) is 1.51. The minimum Gasteiger partial charge on any atom is -0.506 e. The average Bonchev–Trinajstić information content (AvgIpc) is 1.94. The van der Waals surface area contributed by atoms with Crippen LogP contribution in [0.1, 0.15) is 10.4 Å². The van der Waals surface area contributed by atoms with E-state index < -0.39 is 5.56 Å². The SMILES string of the molecule is O=Cc1cc(O)c[nH]c1=O. The van der Waals surface area contributed by atoms with Crippen LogP contribution < -0.4 is 5.56 Å². The number of aromatic hydroxyl groups is 1. The second kappa shape index (κ2) is 2.34. The molecule has 1 rings (SSSR count). The Balaban J connectivity index is 3.35. The Morgan fingerprint density at radius 2 is 2.30 bits per heavy atom. The van der Waals surface area contributed by atoms with Crippen LogP contribution in [0.5, 0.6) is 5.75 Å². The van der Waals surface area contributed by atoms with Gasteiger partial charge in [-0.2, -0.15) is 0 Å². The van der Waals surface area contributed by atoms with Gasteiger partial charge in [0.2, 0.25) is 0 Å². The largest absolute Gasteiger partial charge is 0.506 e. The van der Waals surface area contributed by atoms with E-state index >= 15 is 0 Å². The summed E-state index contributed by atoms with van der Waals surface area (Å²) in [6, 6.07) is 1.10. The van der Waals surface area contributed by atoms with E-state index in [2.05, 4.69) is 4.98 Å². The van der Waals surface area contributed by atoms with Crippen molar-refractivity contribution in [3.8, 4) is 5.75 Å². The van der Waals surface area contributed by atoms with Crippen LogP contribution in [0.15, 0.2) is 17.1 Å². The van der Waals surface area contributed by atoms with Crippen LogP contribution in [0.4, 0.5) is 0 Å². The summed E-state index contributed by atoms with van der Waals surface area (Å²) in [5.41, 5.74) is -0.562. The first-order valence-corrected chi connectivity index (χ1v) is 2.61. The molecule has 10 heavy (non-hydrogen) atoms. The Morgan fingerprint density at radius 1 is 1.60 bits per heavy atom. The minimum absolute atomic E-state index is 0.0694. The van der Waals surface area contributed by atoms with E-state index in [1.807, 2.05) is 0 Å². The Hall–Kier alpha value is -1.58. The minimum atomic E-state index is -0.493. The third-order valence-corrected chi connectivity index (χ3v) is 1.04. The smallest absolute Gasteiger partial charge is 0.258 e. The van der Waals surface area contributed by atoms with Crippen molar-refractivity contribution in [3.63, 3.8) is 0 Å². The zero-order chi connectivity index (χ0) is 7.56. The van der Waals surface area contributed by atoms with Crippen LogP contribution in [-0.2, 0) is 0 Å². The van der Waals surface area contributed by atoms with Crippen molar-refractivity contribution in [2.24, 2.45) is 0 Å². The van der Waals surface area contributed by atoms with Crippen molar-refractivity contribution >= 4 is 6.29 Å². The van der Waals surface area contributed by atoms with E-state index in [4.69, 9.17) is 5.11 Å². The average molecular weight is 139 g/mol. The van der Waals surface area contributed by atoms with Gasteiger partial charge in [0.15, 0.2) is 6.29 Å². The number of nitrogens with one attached hydrogen (secondary N) is 1. The summed E-state index contributed by atoms with van der Waals surface area (Å²) < 4.78 is 0. The zero-order valence-electron chi connectivity index (χ0n) is 5.00. The third kappa shape index (κ3) is 1.05. The van der Waals surface area contributed by atoms with Crippen molar-refractivity contribution in [1.29, 1.82) is 0 Å². The number of aromatic amines is 1. The fourth-order valence-electron chi connectivity index (χ4n) is 0.577. The van der Waals surface area contributed by atoms with E-state index in [0.717, 1.165) is 12.3 Å². The lowest BCUT2D eigenvalue weighted by Crippen LogP contribution is -2.09. The number of rotatable bonds is 1. The van der Waals surface area contributed by atoms with Crippen molar-refractivity contribution in [3.05, 3.63) is 28.2 Å². The van der Waals surface area contributed by atoms with Gasteiger partial charge in [-0.1, -0.05) is 0 Å². The van der Waals surface area contributed by atoms with Gasteiger partial charge < -0.3 is 10.1 Å². The molecule has 0 fully saturated rings. The van der Waals surface area contributed by atoms with Crippen LogP contribution in [-0.4, -0.2) is 16.4 Å². The maximum atomic E-state index is 10.6. The number of H-pyrrole nitrogens is 1. The lowest BCUT2D eigenvalue weighted by atomic mass is 10.3. The van der Waals surface area contributed by atoms with Crippen LogP contribution >= 0.6 is 0 Å². The number of hydrogen-bond donors (Lipinski definition) is 2. The summed E-state index contributed by atoms with van der Waals surface area (Å²) in [4.78, 5) is 22.8. The number of carbonyl (C=O) groups excluding carboxylic acids is 1. The standard InChI is InChI=1S/C6H5NO3/c8-3-4-1-5(9)2-7-6(4)10/h1-3,9H,(H,7,10).